The standard InChI is InChI=1S/C13H10FNO2/c1-8-2-11(14)4-12(17)13(8)10-3-9(7-16)5-15-6-10/h2-7,17H,1H3. The van der Waals surface area contributed by atoms with Crippen LogP contribution >= 0.6 is 0 Å². The molecule has 2 aromatic rings. The van der Waals surface area contributed by atoms with Gasteiger partial charge in [-0.05, 0) is 24.6 Å². The molecular weight excluding hydrogens is 221 g/mol. The van der Waals surface area contributed by atoms with Crippen molar-refractivity contribution in [3.8, 4) is 16.9 Å². The molecule has 0 atom stereocenters. The molecule has 0 fully saturated rings. The van der Waals surface area contributed by atoms with Gasteiger partial charge >= 0.3 is 0 Å². The molecular formula is C13H10FNO2. The molecule has 0 radical (unpaired) electrons. The SMILES string of the molecule is Cc1cc(F)cc(O)c1-c1cncc(C=O)c1. The van der Waals surface area contributed by atoms with Gasteiger partial charge in [-0.3, -0.25) is 9.78 Å². The molecule has 4 heteroatoms. The highest BCUT2D eigenvalue weighted by Crippen LogP contribution is 2.32. The Hall–Kier alpha value is -2.23. The van der Waals surface area contributed by atoms with Crippen LogP contribution in [-0.4, -0.2) is 16.4 Å². The third-order valence-corrected chi connectivity index (χ3v) is 2.46. The normalized spacial score (nSPS) is 10.2. The number of aromatic nitrogens is 1. The molecule has 1 N–H and O–H groups in total. The maximum Gasteiger partial charge on any atom is 0.151 e. The van der Waals surface area contributed by atoms with E-state index in [4.69, 9.17) is 0 Å². The molecule has 0 unspecified atom stereocenters. The van der Waals surface area contributed by atoms with E-state index in [-0.39, 0.29) is 5.75 Å². The number of halogens is 1. The Morgan fingerprint density at radius 2 is 2.06 bits per heavy atom. The first-order chi connectivity index (χ1) is 8.11. The van der Waals surface area contributed by atoms with Crippen LogP contribution in [-0.2, 0) is 0 Å². The van der Waals surface area contributed by atoms with Gasteiger partial charge in [-0.25, -0.2) is 4.39 Å². The summed E-state index contributed by atoms with van der Waals surface area (Å²) in [6, 6.07) is 3.96. The van der Waals surface area contributed by atoms with Gasteiger partial charge < -0.3 is 5.11 Å². The summed E-state index contributed by atoms with van der Waals surface area (Å²) in [5.41, 5.74) is 2.07. The van der Waals surface area contributed by atoms with Crippen molar-refractivity contribution in [2.45, 2.75) is 6.92 Å². The fourth-order valence-corrected chi connectivity index (χ4v) is 1.76. The lowest BCUT2D eigenvalue weighted by molar-refractivity contribution is 0.112. The van der Waals surface area contributed by atoms with Gasteiger partial charge in [0.1, 0.15) is 11.6 Å². The van der Waals surface area contributed by atoms with Crippen molar-refractivity contribution < 1.29 is 14.3 Å². The lowest BCUT2D eigenvalue weighted by Gasteiger charge is -2.08. The summed E-state index contributed by atoms with van der Waals surface area (Å²) >= 11 is 0. The number of aryl methyl sites for hydroxylation is 1. The van der Waals surface area contributed by atoms with Gasteiger partial charge in [-0.15, -0.1) is 0 Å². The molecule has 17 heavy (non-hydrogen) atoms. The number of nitrogens with zero attached hydrogens (tertiary/aromatic N) is 1. The minimum Gasteiger partial charge on any atom is -0.507 e. The van der Waals surface area contributed by atoms with Gasteiger partial charge in [0.2, 0.25) is 0 Å². The second-order valence-electron chi connectivity index (χ2n) is 3.74. The lowest BCUT2D eigenvalue weighted by Crippen LogP contribution is -1.90. The van der Waals surface area contributed by atoms with E-state index < -0.39 is 5.82 Å². The predicted molar refractivity (Wildman–Crippen MR) is 61.4 cm³/mol. The number of carbonyl (C=O) groups is 1. The summed E-state index contributed by atoms with van der Waals surface area (Å²) in [6.07, 6.45) is 3.62. The molecule has 0 aliphatic carbocycles. The topological polar surface area (TPSA) is 50.2 Å². The van der Waals surface area contributed by atoms with Crippen LogP contribution in [0.5, 0.6) is 5.75 Å². The number of hydrogen-bond acceptors (Lipinski definition) is 3. The van der Waals surface area contributed by atoms with E-state index in [9.17, 15) is 14.3 Å². The first kappa shape index (κ1) is 11.3. The van der Waals surface area contributed by atoms with E-state index in [0.29, 0.717) is 28.5 Å². The fourth-order valence-electron chi connectivity index (χ4n) is 1.76. The Morgan fingerprint density at radius 1 is 1.29 bits per heavy atom. The summed E-state index contributed by atoms with van der Waals surface area (Å²) in [4.78, 5) is 14.6. The van der Waals surface area contributed by atoms with Crippen LogP contribution in [0.2, 0.25) is 0 Å². The highest BCUT2D eigenvalue weighted by atomic mass is 19.1. The molecule has 0 bridgehead atoms. The number of pyridine rings is 1. The van der Waals surface area contributed by atoms with Crippen molar-refractivity contribution in [3.05, 3.63) is 47.5 Å². The van der Waals surface area contributed by atoms with Crippen LogP contribution in [0, 0.1) is 12.7 Å². The summed E-state index contributed by atoms with van der Waals surface area (Å²) in [6.45, 7) is 1.69. The minimum atomic E-state index is -0.497. The molecule has 0 aliphatic heterocycles. The molecule has 2 rings (SSSR count). The van der Waals surface area contributed by atoms with Crippen LogP contribution < -0.4 is 0 Å². The highest BCUT2D eigenvalue weighted by Gasteiger charge is 2.10. The van der Waals surface area contributed by atoms with E-state index in [0.717, 1.165) is 6.07 Å². The van der Waals surface area contributed by atoms with Crippen LogP contribution in [0.4, 0.5) is 4.39 Å². The van der Waals surface area contributed by atoms with E-state index in [1.165, 1.54) is 18.5 Å². The average molecular weight is 231 g/mol. The number of benzene rings is 1. The van der Waals surface area contributed by atoms with E-state index in [1.807, 2.05) is 0 Å². The number of aldehydes is 1. The van der Waals surface area contributed by atoms with Gasteiger partial charge in [0.15, 0.2) is 6.29 Å². The summed E-state index contributed by atoms with van der Waals surface area (Å²) < 4.78 is 13.0. The molecule has 0 aliphatic rings. The third-order valence-electron chi connectivity index (χ3n) is 2.46. The summed E-state index contributed by atoms with van der Waals surface area (Å²) in [5.74, 6) is -0.657. The smallest absolute Gasteiger partial charge is 0.151 e. The Bertz CT molecular complexity index is 558. The largest absolute Gasteiger partial charge is 0.507 e. The van der Waals surface area contributed by atoms with Crippen molar-refractivity contribution in [2.75, 3.05) is 0 Å². The van der Waals surface area contributed by atoms with Crippen molar-refractivity contribution in [2.24, 2.45) is 0 Å². The van der Waals surface area contributed by atoms with Crippen LogP contribution in [0.15, 0.2) is 30.6 Å². The summed E-state index contributed by atoms with van der Waals surface area (Å²) in [5, 5.41) is 9.73. The van der Waals surface area contributed by atoms with Gasteiger partial charge in [0.25, 0.3) is 0 Å². The minimum absolute atomic E-state index is 0.160. The third kappa shape index (κ3) is 2.15. The quantitative estimate of drug-likeness (QED) is 0.808. The number of hydrogen-bond donors (Lipinski definition) is 1. The second kappa shape index (κ2) is 4.33. The van der Waals surface area contributed by atoms with E-state index >= 15 is 0 Å². The van der Waals surface area contributed by atoms with Gasteiger partial charge in [0, 0.05) is 35.2 Å². The van der Waals surface area contributed by atoms with Crippen LogP contribution in [0.3, 0.4) is 0 Å². The zero-order chi connectivity index (χ0) is 12.4. The first-order valence-corrected chi connectivity index (χ1v) is 5.01. The Labute approximate surface area is 97.6 Å². The first-order valence-electron chi connectivity index (χ1n) is 5.01. The fraction of sp³-hybridized carbons (Fsp3) is 0.0769. The molecule has 1 heterocycles. The number of aromatic hydroxyl groups is 1. The maximum atomic E-state index is 13.0. The molecule has 86 valence electrons. The van der Waals surface area contributed by atoms with Gasteiger partial charge in [0.05, 0.1) is 0 Å². The number of carbonyl (C=O) groups excluding carboxylic acids is 1. The molecule has 1 aromatic heterocycles. The summed E-state index contributed by atoms with van der Waals surface area (Å²) in [7, 11) is 0. The zero-order valence-corrected chi connectivity index (χ0v) is 9.14. The number of phenols is 1. The van der Waals surface area contributed by atoms with Crippen molar-refractivity contribution in [1.29, 1.82) is 0 Å². The maximum absolute atomic E-state index is 13.0. The zero-order valence-electron chi connectivity index (χ0n) is 9.14. The van der Waals surface area contributed by atoms with Crippen molar-refractivity contribution >= 4 is 6.29 Å². The van der Waals surface area contributed by atoms with Crippen molar-refractivity contribution in [1.82, 2.24) is 4.98 Å². The van der Waals surface area contributed by atoms with Gasteiger partial charge in [-0.2, -0.15) is 0 Å². The molecule has 0 saturated carbocycles. The monoisotopic (exact) mass is 231 g/mol. The lowest BCUT2D eigenvalue weighted by atomic mass is 10.00. The number of phenolic OH excluding ortho intramolecular Hbond substituents is 1. The van der Waals surface area contributed by atoms with Crippen LogP contribution in [0.1, 0.15) is 15.9 Å². The molecule has 3 nitrogen and oxygen atoms in total. The Balaban J connectivity index is 2.63. The van der Waals surface area contributed by atoms with Crippen LogP contribution in [0.25, 0.3) is 11.1 Å². The van der Waals surface area contributed by atoms with Crippen molar-refractivity contribution in [3.63, 3.8) is 0 Å². The van der Waals surface area contributed by atoms with E-state index in [2.05, 4.69) is 4.98 Å². The average Bonchev–Trinajstić information content (AvgIpc) is 2.28. The molecule has 0 saturated heterocycles. The van der Waals surface area contributed by atoms with Gasteiger partial charge in [-0.1, -0.05) is 0 Å². The second-order valence-corrected chi connectivity index (χ2v) is 3.74. The molecule has 1 aromatic carbocycles. The predicted octanol–water partition coefficient (Wildman–Crippen LogP) is 2.71. The molecule has 0 spiro atoms. The highest BCUT2D eigenvalue weighted by molar-refractivity contribution is 5.80. The molecule has 0 amide bonds. The van der Waals surface area contributed by atoms with E-state index in [1.54, 1.807) is 13.0 Å². The Kier molecular flexibility index (Phi) is 2.87. The number of rotatable bonds is 2. The Morgan fingerprint density at radius 3 is 2.71 bits per heavy atom.